The van der Waals surface area contributed by atoms with Gasteiger partial charge >= 0.3 is 29.6 Å². The number of H-pyrrole nitrogens is 1. The second kappa shape index (κ2) is 22.5. The molecule has 16 nitrogen and oxygen atoms in total. The number of rotatable bonds is 17. The molecular formula is C55H64N2O14Si2. The maximum atomic E-state index is 14.1. The third-order valence-electron chi connectivity index (χ3n) is 14.6. The molecule has 0 bridgehead atoms. The van der Waals surface area contributed by atoms with Crippen molar-refractivity contribution in [1.29, 1.82) is 0 Å². The van der Waals surface area contributed by atoms with Crippen LogP contribution in [0.15, 0.2) is 137 Å². The molecule has 0 unspecified atom stereocenters. The van der Waals surface area contributed by atoms with Crippen molar-refractivity contribution in [1.82, 2.24) is 9.55 Å². The van der Waals surface area contributed by atoms with Crippen LogP contribution in [0.25, 0.3) is 0 Å². The first-order chi connectivity index (χ1) is 35.0. The SMILES string of the molecule is CC(C)[Si]1(C(C)C)O[Si](C(C)C)(C(C)C)[C@H]2O[C@@H](n3cc(CO[C@@H]4O[C@H](COC(=O)c5ccccc5)[C@@H](OC(=O)c5ccccc5)[C@H](OC(=O)c5ccccc5)[C@H]4OC(=O)c4ccccc4)c(=O)[nH]c3=O)C[C@@H]21. The van der Waals surface area contributed by atoms with E-state index >= 15 is 0 Å². The molecule has 386 valence electrons. The Morgan fingerprint density at radius 1 is 0.589 bits per heavy atom. The summed E-state index contributed by atoms with van der Waals surface area (Å²) in [5.74, 6) is -3.36. The maximum absolute atomic E-state index is 14.1. The summed E-state index contributed by atoms with van der Waals surface area (Å²) >= 11 is 0. The van der Waals surface area contributed by atoms with Crippen molar-refractivity contribution >= 4 is 40.5 Å². The Morgan fingerprint density at radius 2 is 1.03 bits per heavy atom. The summed E-state index contributed by atoms with van der Waals surface area (Å²) in [4.78, 5) is 85.9. The molecule has 0 saturated carbocycles. The van der Waals surface area contributed by atoms with E-state index in [9.17, 15) is 28.8 Å². The predicted octanol–water partition coefficient (Wildman–Crippen LogP) is 9.07. The maximum Gasteiger partial charge on any atom is 0.338 e. The van der Waals surface area contributed by atoms with Gasteiger partial charge in [-0.3, -0.25) is 14.3 Å². The number of ether oxygens (including phenoxy) is 7. The molecule has 0 radical (unpaired) electrons. The number of nitrogens with zero attached hydrogens (tertiary/aromatic N) is 1. The Labute approximate surface area is 426 Å². The Hall–Kier alpha value is -6.29. The molecule has 0 amide bonds. The zero-order chi connectivity index (χ0) is 52.2. The molecule has 4 heterocycles. The molecule has 18 heteroatoms. The monoisotopic (exact) mass is 1030 g/mol. The summed E-state index contributed by atoms with van der Waals surface area (Å²) in [6.45, 7) is 16.7. The van der Waals surface area contributed by atoms with E-state index in [-0.39, 0.29) is 61.3 Å². The topological polar surface area (TPSA) is 197 Å². The zero-order valence-electron chi connectivity index (χ0n) is 42.3. The van der Waals surface area contributed by atoms with E-state index in [1.165, 1.54) is 47.2 Å². The van der Waals surface area contributed by atoms with Gasteiger partial charge in [0.25, 0.3) is 5.56 Å². The average Bonchev–Trinajstić information content (AvgIpc) is 3.96. The van der Waals surface area contributed by atoms with Gasteiger partial charge in [0.2, 0.25) is 8.32 Å². The minimum atomic E-state index is -2.62. The third-order valence-corrected chi connectivity index (χ3v) is 28.1. The number of hydrogen-bond acceptors (Lipinski definition) is 14. The fourth-order valence-corrected chi connectivity index (χ4v) is 27.9. The second-order valence-electron chi connectivity index (χ2n) is 20.1. The van der Waals surface area contributed by atoms with Crippen LogP contribution in [-0.4, -0.2) is 93.1 Å². The van der Waals surface area contributed by atoms with Crippen LogP contribution >= 0.6 is 0 Å². The highest BCUT2D eigenvalue weighted by Gasteiger charge is 2.72. The summed E-state index contributed by atoms with van der Waals surface area (Å²) < 4.78 is 53.3. The molecule has 0 aliphatic carbocycles. The quantitative estimate of drug-likeness (QED) is 0.0526. The lowest BCUT2D eigenvalue weighted by molar-refractivity contribution is -0.301. The number of nitrogens with one attached hydrogen (secondary N) is 1. The van der Waals surface area contributed by atoms with Crippen LogP contribution in [0.4, 0.5) is 0 Å². The van der Waals surface area contributed by atoms with Gasteiger partial charge < -0.3 is 37.3 Å². The lowest BCUT2D eigenvalue weighted by Crippen LogP contribution is -2.63. The van der Waals surface area contributed by atoms with Crippen molar-refractivity contribution < 1.29 is 56.5 Å². The van der Waals surface area contributed by atoms with E-state index in [0.29, 0.717) is 6.42 Å². The molecular weight excluding hydrogens is 969 g/mol. The van der Waals surface area contributed by atoms with Crippen LogP contribution in [0.5, 0.6) is 0 Å². The first-order valence-corrected chi connectivity index (χ1v) is 29.2. The molecule has 3 aliphatic heterocycles. The largest absolute Gasteiger partial charge is 0.459 e. The molecule has 4 aromatic carbocycles. The molecule has 8 rings (SSSR count). The lowest BCUT2D eigenvalue weighted by Gasteiger charge is -2.44. The van der Waals surface area contributed by atoms with Crippen molar-refractivity contribution in [2.24, 2.45) is 0 Å². The molecule has 1 N–H and O–H groups in total. The van der Waals surface area contributed by atoms with Crippen LogP contribution in [-0.2, 0) is 43.9 Å². The van der Waals surface area contributed by atoms with E-state index < -0.39 is 102 Å². The van der Waals surface area contributed by atoms with Crippen molar-refractivity contribution in [2.45, 2.75) is 139 Å². The number of benzene rings is 4. The predicted molar refractivity (Wildman–Crippen MR) is 274 cm³/mol. The zero-order valence-corrected chi connectivity index (χ0v) is 44.3. The van der Waals surface area contributed by atoms with Gasteiger partial charge in [-0.05, 0) is 77.1 Å². The van der Waals surface area contributed by atoms with Crippen LogP contribution < -0.4 is 11.2 Å². The van der Waals surface area contributed by atoms with Gasteiger partial charge in [0.05, 0.1) is 40.2 Å². The van der Waals surface area contributed by atoms with Crippen LogP contribution in [0, 0.1) is 0 Å². The molecule has 3 saturated heterocycles. The number of carbonyl (C=O) groups excluding carboxylic acids is 4. The van der Waals surface area contributed by atoms with Gasteiger partial charge in [-0.25, -0.2) is 24.0 Å². The highest BCUT2D eigenvalue weighted by Crippen LogP contribution is 2.64. The standard InChI is InChI=1S/C55H64N2O14Si2/c1-33(2)72(34(3)4)43-29-44(67-54(43)73(71-72,35(5)6)36(7)8)57-30-41(48(58)56-55(57)63)31-65-53-47(70-52(62)40-27-19-12-20-28-40)46(69-51(61)39-25-17-11-18-26-39)45(68-50(60)38-23-15-10-16-24-38)42(66-53)32-64-49(59)37-21-13-9-14-22-37/h9-28,30,33-36,42-47,53-54H,29,31-32H2,1-8H3,(H,56,58,63)/t42-,43+,44-,45-,46+,47-,53-,54-/m1/s1. The van der Waals surface area contributed by atoms with Crippen LogP contribution in [0.3, 0.4) is 0 Å². The Kier molecular flexibility index (Phi) is 16.3. The molecule has 8 atom stereocenters. The van der Waals surface area contributed by atoms with Crippen LogP contribution in [0.2, 0.25) is 27.7 Å². The summed E-state index contributed by atoms with van der Waals surface area (Å²) in [5.41, 5.74) is 0.0439. The lowest BCUT2D eigenvalue weighted by atomic mass is 9.97. The first-order valence-electron chi connectivity index (χ1n) is 24.9. The van der Waals surface area contributed by atoms with Gasteiger partial charge in [0, 0.05) is 11.7 Å². The number of aromatic nitrogens is 2. The van der Waals surface area contributed by atoms with Crippen molar-refractivity contribution in [3.63, 3.8) is 0 Å². The van der Waals surface area contributed by atoms with E-state index in [1.54, 1.807) is 84.9 Å². The first kappa shape index (κ1) is 53.0. The molecule has 0 spiro atoms. The van der Waals surface area contributed by atoms with Gasteiger partial charge in [-0.2, -0.15) is 0 Å². The Bertz CT molecular complexity index is 2790. The van der Waals surface area contributed by atoms with E-state index in [0.717, 1.165) is 0 Å². The van der Waals surface area contributed by atoms with Crippen molar-refractivity contribution in [2.75, 3.05) is 6.61 Å². The second-order valence-corrected chi connectivity index (χ2v) is 30.3. The number of fused-ring (bicyclic) bond motifs is 1. The van der Waals surface area contributed by atoms with Gasteiger partial charge in [-0.15, -0.1) is 0 Å². The van der Waals surface area contributed by atoms with Gasteiger partial charge in [0.1, 0.15) is 18.9 Å². The average molecular weight is 1030 g/mol. The van der Waals surface area contributed by atoms with Crippen molar-refractivity contribution in [3.8, 4) is 0 Å². The highest BCUT2D eigenvalue weighted by atomic mass is 28.4. The Morgan fingerprint density at radius 3 is 1.49 bits per heavy atom. The minimum absolute atomic E-state index is 0.0109. The summed E-state index contributed by atoms with van der Waals surface area (Å²) in [7, 11) is -5.15. The summed E-state index contributed by atoms with van der Waals surface area (Å²) in [5, 5.41) is 0. The fraction of sp³-hybridized carbons (Fsp3) is 0.418. The fourth-order valence-electron chi connectivity index (χ4n) is 11.1. The number of carbonyl (C=O) groups is 4. The van der Waals surface area contributed by atoms with E-state index in [4.69, 9.17) is 37.3 Å². The van der Waals surface area contributed by atoms with Gasteiger partial charge in [-0.1, -0.05) is 128 Å². The third kappa shape index (κ3) is 10.7. The van der Waals surface area contributed by atoms with Gasteiger partial charge in [0.15, 0.2) is 32.9 Å². The van der Waals surface area contributed by atoms with E-state index in [2.05, 4.69) is 60.4 Å². The number of esters is 4. The van der Waals surface area contributed by atoms with Crippen molar-refractivity contribution in [3.05, 3.63) is 176 Å². The number of hydrogen-bond donors (Lipinski definition) is 1. The normalized spacial score (nSPS) is 24.1. The smallest absolute Gasteiger partial charge is 0.338 e. The van der Waals surface area contributed by atoms with Crippen LogP contribution in [0.1, 0.15) is 115 Å². The summed E-state index contributed by atoms with van der Waals surface area (Å²) in [6.07, 6.45) is -6.93. The molecule has 3 fully saturated rings. The minimum Gasteiger partial charge on any atom is -0.459 e. The molecule has 73 heavy (non-hydrogen) atoms. The highest BCUT2D eigenvalue weighted by molar-refractivity contribution is 6.96. The van der Waals surface area contributed by atoms with E-state index in [1.807, 2.05) is 0 Å². The summed E-state index contributed by atoms with van der Waals surface area (Å²) in [6, 6.07) is 32.2. The Balaban J connectivity index is 1.18. The molecule has 5 aromatic rings. The molecule has 3 aliphatic rings. The number of aromatic amines is 1. The molecule has 1 aromatic heterocycles.